The quantitative estimate of drug-likeness (QED) is 0.792. The van der Waals surface area contributed by atoms with Gasteiger partial charge in [-0.3, -0.25) is 10.1 Å². The van der Waals surface area contributed by atoms with Crippen LogP contribution in [0.4, 0.5) is 0 Å². The van der Waals surface area contributed by atoms with Gasteiger partial charge >= 0.3 is 5.97 Å². The Kier molecular flexibility index (Phi) is 6.16. The third kappa shape index (κ3) is 4.18. The fraction of sp³-hybridized carbons (Fsp3) is 0.316. The molecule has 0 bridgehead atoms. The Labute approximate surface area is 132 Å². The van der Waals surface area contributed by atoms with E-state index in [1.165, 1.54) is 0 Å². The van der Waals surface area contributed by atoms with Crippen molar-refractivity contribution in [3.63, 3.8) is 0 Å². The van der Waals surface area contributed by atoms with Crippen molar-refractivity contribution in [3.05, 3.63) is 71.8 Å². The number of ether oxygens (including phenoxy) is 1. The third-order valence-corrected chi connectivity index (χ3v) is 3.61. The molecule has 0 aliphatic rings. The van der Waals surface area contributed by atoms with Gasteiger partial charge in [-0.25, -0.2) is 0 Å². The van der Waals surface area contributed by atoms with Gasteiger partial charge in [0, 0.05) is 0 Å². The normalized spacial score (nSPS) is 12.1. The Balaban J connectivity index is 2.27. The van der Waals surface area contributed by atoms with Crippen LogP contribution < -0.4 is 5.32 Å². The van der Waals surface area contributed by atoms with Crippen molar-refractivity contribution in [3.8, 4) is 0 Å². The molecule has 0 amide bonds. The minimum absolute atomic E-state index is 0.0308. The van der Waals surface area contributed by atoms with Crippen molar-refractivity contribution < 1.29 is 9.53 Å². The standard InChI is InChI=1S/C19H23NO2/c1-3-17(19(21)22-4-2)20-18(15-11-7-5-8-12-15)16-13-9-6-10-14-16/h5-14,17-18,20H,3-4H2,1-2H3/t17-/m0/s1. The fourth-order valence-electron chi connectivity index (χ4n) is 2.47. The summed E-state index contributed by atoms with van der Waals surface area (Å²) in [4.78, 5) is 12.1. The van der Waals surface area contributed by atoms with Crippen molar-refractivity contribution in [1.29, 1.82) is 0 Å². The molecule has 2 aromatic carbocycles. The number of esters is 1. The van der Waals surface area contributed by atoms with Crippen LogP contribution in [-0.2, 0) is 9.53 Å². The van der Waals surface area contributed by atoms with E-state index in [1.54, 1.807) is 0 Å². The highest BCUT2D eigenvalue weighted by atomic mass is 16.5. The van der Waals surface area contributed by atoms with Crippen LogP contribution in [0.15, 0.2) is 60.7 Å². The van der Waals surface area contributed by atoms with Crippen LogP contribution in [0.25, 0.3) is 0 Å². The highest BCUT2D eigenvalue weighted by Gasteiger charge is 2.23. The first-order valence-corrected chi connectivity index (χ1v) is 7.78. The SMILES string of the molecule is CCOC(=O)[C@H](CC)NC(c1ccccc1)c1ccccc1. The Morgan fingerprint density at radius 3 is 1.86 bits per heavy atom. The number of benzene rings is 2. The summed E-state index contributed by atoms with van der Waals surface area (Å²) in [7, 11) is 0. The van der Waals surface area contributed by atoms with Gasteiger partial charge in [0.15, 0.2) is 0 Å². The highest BCUT2D eigenvalue weighted by Crippen LogP contribution is 2.23. The first-order chi connectivity index (χ1) is 10.8. The molecule has 3 nitrogen and oxygen atoms in total. The van der Waals surface area contributed by atoms with E-state index in [1.807, 2.05) is 50.2 Å². The number of carbonyl (C=O) groups is 1. The maximum atomic E-state index is 12.1. The Hall–Kier alpha value is -2.13. The smallest absolute Gasteiger partial charge is 0.323 e. The molecule has 2 rings (SSSR count). The van der Waals surface area contributed by atoms with Gasteiger partial charge in [-0.1, -0.05) is 67.6 Å². The van der Waals surface area contributed by atoms with Crippen LogP contribution in [0.1, 0.15) is 37.4 Å². The molecule has 0 unspecified atom stereocenters. The highest BCUT2D eigenvalue weighted by molar-refractivity contribution is 5.75. The molecular formula is C19H23NO2. The summed E-state index contributed by atoms with van der Waals surface area (Å²) >= 11 is 0. The summed E-state index contributed by atoms with van der Waals surface area (Å²) in [6.45, 7) is 4.22. The first kappa shape index (κ1) is 16.2. The predicted molar refractivity (Wildman–Crippen MR) is 88.6 cm³/mol. The van der Waals surface area contributed by atoms with Crippen LogP contribution in [-0.4, -0.2) is 18.6 Å². The topological polar surface area (TPSA) is 38.3 Å². The van der Waals surface area contributed by atoms with E-state index in [0.717, 1.165) is 11.1 Å². The molecular weight excluding hydrogens is 274 g/mol. The van der Waals surface area contributed by atoms with Gasteiger partial charge in [-0.05, 0) is 24.5 Å². The first-order valence-electron chi connectivity index (χ1n) is 7.78. The van der Waals surface area contributed by atoms with Gasteiger partial charge in [0.1, 0.15) is 6.04 Å². The molecule has 1 N–H and O–H groups in total. The summed E-state index contributed by atoms with van der Waals surface area (Å²) in [6, 6.07) is 20.0. The second kappa shape index (κ2) is 8.35. The molecule has 2 aromatic rings. The third-order valence-electron chi connectivity index (χ3n) is 3.61. The average molecular weight is 297 g/mol. The van der Waals surface area contributed by atoms with Crippen molar-refractivity contribution in [1.82, 2.24) is 5.32 Å². The Morgan fingerprint density at radius 1 is 0.955 bits per heavy atom. The lowest BCUT2D eigenvalue weighted by Gasteiger charge is -2.25. The minimum atomic E-state index is -0.314. The molecule has 1 atom stereocenters. The maximum Gasteiger partial charge on any atom is 0.323 e. The summed E-state index contributed by atoms with van der Waals surface area (Å²) in [5.41, 5.74) is 2.27. The lowest BCUT2D eigenvalue weighted by Crippen LogP contribution is -2.40. The summed E-state index contributed by atoms with van der Waals surface area (Å²) in [5, 5.41) is 3.45. The van der Waals surface area contributed by atoms with Gasteiger partial charge in [0.2, 0.25) is 0 Å². The van der Waals surface area contributed by atoms with Gasteiger partial charge in [-0.2, -0.15) is 0 Å². The van der Waals surface area contributed by atoms with E-state index in [2.05, 4.69) is 29.6 Å². The molecule has 0 fully saturated rings. The second-order valence-corrected chi connectivity index (χ2v) is 5.13. The fourth-order valence-corrected chi connectivity index (χ4v) is 2.47. The predicted octanol–water partition coefficient (Wildman–Crippen LogP) is 3.71. The molecule has 0 heterocycles. The van der Waals surface area contributed by atoms with Crippen LogP contribution in [0.3, 0.4) is 0 Å². The number of rotatable bonds is 7. The summed E-state index contributed by atoms with van der Waals surface area (Å²) < 4.78 is 5.17. The zero-order chi connectivity index (χ0) is 15.8. The maximum absolute atomic E-state index is 12.1. The van der Waals surface area contributed by atoms with E-state index < -0.39 is 0 Å². The largest absolute Gasteiger partial charge is 0.465 e. The van der Waals surface area contributed by atoms with Crippen molar-refractivity contribution in [2.75, 3.05) is 6.61 Å². The Morgan fingerprint density at radius 2 is 1.45 bits per heavy atom. The molecule has 22 heavy (non-hydrogen) atoms. The van der Waals surface area contributed by atoms with Gasteiger partial charge in [-0.15, -0.1) is 0 Å². The van der Waals surface area contributed by atoms with E-state index >= 15 is 0 Å². The molecule has 3 heteroatoms. The van der Waals surface area contributed by atoms with Crippen LogP contribution >= 0.6 is 0 Å². The Bertz CT molecular complexity index is 529. The van der Waals surface area contributed by atoms with Gasteiger partial charge in [0.25, 0.3) is 0 Å². The van der Waals surface area contributed by atoms with E-state index in [0.29, 0.717) is 13.0 Å². The average Bonchev–Trinajstić information content (AvgIpc) is 2.57. The number of hydrogen-bond acceptors (Lipinski definition) is 3. The monoisotopic (exact) mass is 297 g/mol. The molecule has 0 saturated heterocycles. The zero-order valence-electron chi connectivity index (χ0n) is 13.2. The van der Waals surface area contributed by atoms with Gasteiger partial charge in [0.05, 0.1) is 12.6 Å². The van der Waals surface area contributed by atoms with E-state index in [4.69, 9.17) is 4.74 Å². The minimum Gasteiger partial charge on any atom is -0.465 e. The van der Waals surface area contributed by atoms with Crippen LogP contribution in [0.5, 0.6) is 0 Å². The number of carbonyl (C=O) groups excluding carboxylic acids is 1. The van der Waals surface area contributed by atoms with Crippen LogP contribution in [0.2, 0.25) is 0 Å². The summed E-state index contributed by atoms with van der Waals surface area (Å²) in [5.74, 6) is -0.193. The number of hydrogen-bond donors (Lipinski definition) is 1. The molecule has 116 valence electrons. The van der Waals surface area contributed by atoms with Crippen LogP contribution in [0, 0.1) is 0 Å². The lowest BCUT2D eigenvalue weighted by atomic mass is 9.97. The lowest BCUT2D eigenvalue weighted by molar-refractivity contribution is -0.145. The van der Waals surface area contributed by atoms with E-state index in [-0.39, 0.29) is 18.1 Å². The van der Waals surface area contributed by atoms with Crippen molar-refractivity contribution >= 4 is 5.97 Å². The van der Waals surface area contributed by atoms with E-state index in [9.17, 15) is 4.79 Å². The summed E-state index contributed by atoms with van der Waals surface area (Å²) in [6.07, 6.45) is 0.689. The molecule has 0 radical (unpaired) electrons. The van der Waals surface area contributed by atoms with Crippen molar-refractivity contribution in [2.45, 2.75) is 32.4 Å². The molecule has 0 spiro atoms. The molecule has 0 aromatic heterocycles. The van der Waals surface area contributed by atoms with Gasteiger partial charge < -0.3 is 4.74 Å². The van der Waals surface area contributed by atoms with Crippen molar-refractivity contribution in [2.24, 2.45) is 0 Å². The number of nitrogens with one attached hydrogen (secondary N) is 1. The zero-order valence-corrected chi connectivity index (χ0v) is 13.2. The second-order valence-electron chi connectivity index (χ2n) is 5.13. The molecule has 0 aliphatic carbocycles. The molecule has 0 saturated carbocycles. The molecule has 0 aliphatic heterocycles.